The first-order chi connectivity index (χ1) is 25.5. The standard InChI is InChI=1S/C49H41N3O/c1-48(2,3)32-20-23-41-37(28-32)38-29-33(49(4,5)6)21-24-42(38)51(41)46-16-11-17-47(50-46)52-40-14-9-7-12-34(40)35-22-18-31(27-43(35)52)30-19-25-45-39(26-30)36-13-8-10-15-44(36)53-45/h7-29H,1-6H3. The number of rotatable bonds is 3. The van der Waals surface area contributed by atoms with Gasteiger partial charge in [-0.25, -0.2) is 4.98 Å². The van der Waals surface area contributed by atoms with Crippen LogP contribution >= 0.6 is 0 Å². The molecule has 0 saturated heterocycles. The van der Waals surface area contributed by atoms with Crippen molar-refractivity contribution in [1.29, 1.82) is 0 Å². The lowest BCUT2D eigenvalue weighted by molar-refractivity contribution is 0.590. The Bertz CT molecular complexity index is 3010. The zero-order valence-electron chi connectivity index (χ0n) is 31.0. The molecule has 258 valence electrons. The van der Waals surface area contributed by atoms with Crippen molar-refractivity contribution in [3.8, 4) is 22.8 Å². The highest BCUT2D eigenvalue weighted by Crippen LogP contribution is 2.39. The summed E-state index contributed by atoms with van der Waals surface area (Å²) >= 11 is 0. The van der Waals surface area contributed by atoms with Crippen molar-refractivity contribution in [3.05, 3.63) is 151 Å². The van der Waals surface area contributed by atoms with Crippen LogP contribution in [0.2, 0.25) is 0 Å². The largest absolute Gasteiger partial charge is 0.456 e. The molecule has 0 saturated carbocycles. The van der Waals surface area contributed by atoms with Gasteiger partial charge in [-0.1, -0.05) is 114 Å². The van der Waals surface area contributed by atoms with Crippen molar-refractivity contribution in [1.82, 2.24) is 14.1 Å². The highest BCUT2D eigenvalue weighted by molar-refractivity contribution is 6.12. The zero-order valence-corrected chi connectivity index (χ0v) is 31.0. The Hall–Kier alpha value is -6.13. The Kier molecular flexibility index (Phi) is 6.67. The first-order valence-electron chi connectivity index (χ1n) is 18.5. The van der Waals surface area contributed by atoms with E-state index in [4.69, 9.17) is 9.40 Å². The van der Waals surface area contributed by atoms with Gasteiger partial charge < -0.3 is 4.42 Å². The quantitative estimate of drug-likeness (QED) is 0.185. The highest BCUT2D eigenvalue weighted by atomic mass is 16.3. The summed E-state index contributed by atoms with van der Waals surface area (Å²) in [4.78, 5) is 5.48. The van der Waals surface area contributed by atoms with E-state index >= 15 is 0 Å². The lowest BCUT2D eigenvalue weighted by atomic mass is 9.85. The fraction of sp³-hybridized carbons (Fsp3) is 0.163. The maximum Gasteiger partial charge on any atom is 0.140 e. The van der Waals surface area contributed by atoms with Gasteiger partial charge in [0.25, 0.3) is 0 Å². The second-order valence-electron chi connectivity index (χ2n) is 16.5. The van der Waals surface area contributed by atoms with Crippen molar-refractivity contribution in [3.63, 3.8) is 0 Å². The normalized spacial score (nSPS) is 12.7. The molecular weight excluding hydrogens is 647 g/mol. The van der Waals surface area contributed by atoms with Crippen molar-refractivity contribution < 1.29 is 4.42 Å². The maximum absolute atomic E-state index is 6.15. The summed E-state index contributed by atoms with van der Waals surface area (Å²) in [5.41, 5.74) is 11.4. The lowest BCUT2D eigenvalue weighted by Gasteiger charge is -2.19. The summed E-state index contributed by atoms with van der Waals surface area (Å²) in [5, 5.41) is 7.19. The Morgan fingerprint density at radius 3 is 1.60 bits per heavy atom. The van der Waals surface area contributed by atoms with Gasteiger partial charge in [-0.2, -0.15) is 0 Å². The first-order valence-corrected chi connectivity index (χ1v) is 18.5. The molecule has 0 aliphatic rings. The molecule has 0 N–H and O–H groups in total. The fourth-order valence-corrected chi connectivity index (χ4v) is 8.17. The van der Waals surface area contributed by atoms with Crippen LogP contribution < -0.4 is 0 Å². The van der Waals surface area contributed by atoms with Crippen molar-refractivity contribution in [2.24, 2.45) is 0 Å². The SMILES string of the molecule is CC(C)(C)c1ccc2c(c1)c1cc(C(C)(C)C)ccc1n2-c1cccc(-n2c3ccccc3c3ccc(-c4ccc5oc6ccccc6c5c4)cc32)n1. The number of furan rings is 1. The maximum atomic E-state index is 6.15. The smallest absolute Gasteiger partial charge is 0.140 e. The molecular formula is C49H41N3O. The number of pyridine rings is 1. The number of hydrogen-bond donors (Lipinski definition) is 0. The Balaban J connectivity index is 1.19. The topological polar surface area (TPSA) is 35.9 Å². The van der Waals surface area contributed by atoms with Gasteiger partial charge in [-0.3, -0.25) is 9.13 Å². The second kappa shape index (κ2) is 11.2. The number of para-hydroxylation sites is 2. The van der Waals surface area contributed by atoms with Crippen LogP contribution in [-0.2, 0) is 10.8 Å². The van der Waals surface area contributed by atoms with E-state index in [1.54, 1.807) is 0 Å². The van der Waals surface area contributed by atoms with E-state index in [1.807, 2.05) is 12.1 Å². The van der Waals surface area contributed by atoms with E-state index in [2.05, 4.69) is 178 Å². The first kappa shape index (κ1) is 31.6. The molecule has 0 aliphatic heterocycles. The molecule has 0 radical (unpaired) electrons. The Morgan fingerprint density at radius 1 is 0.396 bits per heavy atom. The van der Waals surface area contributed by atoms with Gasteiger partial charge in [0.15, 0.2) is 0 Å². The average molecular weight is 688 g/mol. The Morgan fingerprint density at radius 2 is 0.925 bits per heavy atom. The molecule has 0 atom stereocenters. The predicted molar refractivity (Wildman–Crippen MR) is 223 cm³/mol. The van der Waals surface area contributed by atoms with Crippen LogP contribution in [0.5, 0.6) is 0 Å². The van der Waals surface area contributed by atoms with Gasteiger partial charge in [0.2, 0.25) is 0 Å². The fourth-order valence-electron chi connectivity index (χ4n) is 8.17. The van der Waals surface area contributed by atoms with Crippen LogP contribution in [0, 0.1) is 0 Å². The minimum Gasteiger partial charge on any atom is -0.456 e. The molecule has 0 bridgehead atoms. The van der Waals surface area contributed by atoms with Crippen molar-refractivity contribution in [2.45, 2.75) is 52.4 Å². The van der Waals surface area contributed by atoms with Crippen LogP contribution in [-0.4, -0.2) is 14.1 Å². The number of hydrogen-bond acceptors (Lipinski definition) is 2. The summed E-state index contributed by atoms with van der Waals surface area (Å²) < 4.78 is 10.8. The second-order valence-corrected chi connectivity index (χ2v) is 16.5. The number of benzene rings is 6. The summed E-state index contributed by atoms with van der Waals surface area (Å²) in [7, 11) is 0. The van der Waals surface area contributed by atoms with Gasteiger partial charge in [-0.05, 0) is 99.8 Å². The lowest BCUT2D eigenvalue weighted by Crippen LogP contribution is -2.10. The van der Waals surface area contributed by atoms with E-state index in [1.165, 1.54) is 32.7 Å². The third kappa shape index (κ3) is 4.93. The van der Waals surface area contributed by atoms with Gasteiger partial charge >= 0.3 is 0 Å². The van der Waals surface area contributed by atoms with E-state index in [9.17, 15) is 0 Å². The van der Waals surface area contributed by atoms with Crippen LogP contribution in [0.15, 0.2) is 144 Å². The van der Waals surface area contributed by atoms with E-state index in [-0.39, 0.29) is 10.8 Å². The molecule has 4 heteroatoms. The number of aromatic nitrogens is 3. The number of fused-ring (bicyclic) bond motifs is 9. The predicted octanol–water partition coefficient (Wildman–Crippen LogP) is 13.4. The minimum absolute atomic E-state index is 0.0376. The van der Waals surface area contributed by atoms with Crippen LogP contribution in [0.3, 0.4) is 0 Å². The van der Waals surface area contributed by atoms with Crippen LogP contribution in [0.25, 0.3) is 88.3 Å². The minimum atomic E-state index is 0.0376. The van der Waals surface area contributed by atoms with E-state index in [0.717, 1.165) is 66.8 Å². The summed E-state index contributed by atoms with van der Waals surface area (Å²) in [6.45, 7) is 13.7. The zero-order chi connectivity index (χ0) is 36.2. The van der Waals surface area contributed by atoms with Crippen LogP contribution in [0.1, 0.15) is 52.7 Å². The van der Waals surface area contributed by atoms with E-state index < -0.39 is 0 Å². The molecule has 0 aliphatic carbocycles. The summed E-state index contributed by atoms with van der Waals surface area (Å²) in [6, 6.07) is 50.6. The molecule has 0 unspecified atom stereocenters. The molecule has 6 aromatic carbocycles. The van der Waals surface area contributed by atoms with Gasteiger partial charge in [0, 0.05) is 32.3 Å². The average Bonchev–Trinajstić information content (AvgIpc) is 3.80. The molecule has 4 nitrogen and oxygen atoms in total. The molecule has 4 aromatic heterocycles. The van der Waals surface area contributed by atoms with Crippen molar-refractivity contribution >= 4 is 65.6 Å². The molecule has 0 amide bonds. The molecule has 53 heavy (non-hydrogen) atoms. The third-order valence-electron chi connectivity index (χ3n) is 11.1. The molecule has 10 aromatic rings. The summed E-state index contributed by atoms with van der Waals surface area (Å²) in [5.74, 6) is 1.78. The number of nitrogens with zero attached hydrogens (tertiary/aromatic N) is 3. The molecule has 0 spiro atoms. The van der Waals surface area contributed by atoms with Crippen molar-refractivity contribution in [2.75, 3.05) is 0 Å². The Labute approximate surface area is 308 Å². The van der Waals surface area contributed by atoms with Gasteiger partial charge in [-0.15, -0.1) is 0 Å². The van der Waals surface area contributed by atoms with E-state index in [0.29, 0.717) is 0 Å². The highest BCUT2D eigenvalue weighted by Gasteiger charge is 2.22. The molecule has 10 rings (SSSR count). The third-order valence-corrected chi connectivity index (χ3v) is 11.1. The van der Waals surface area contributed by atoms with Gasteiger partial charge in [0.05, 0.1) is 22.1 Å². The molecule has 0 fully saturated rings. The van der Waals surface area contributed by atoms with Gasteiger partial charge in [0.1, 0.15) is 22.8 Å². The van der Waals surface area contributed by atoms with Crippen LogP contribution in [0.4, 0.5) is 0 Å². The monoisotopic (exact) mass is 687 g/mol. The summed E-state index contributed by atoms with van der Waals surface area (Å²) in [6.07, 6.45) is 0. The molecule has 4 heterocycles.